The highest BCUT2D eigenvalue weighted by molar-refractivity contribution is 5.97. The number of carboxylic acids is 1. The van der Waals surface area contributed by atoms with Gasteiger partial charge in [-0.05, 0) is 29.3 Å². The molecule has 0 radical (unpaired) electrons. The summed E-state index contributed by atoms with van der Waals surface area (Å²) in [5, 5.41) is 9.57. The summed E-state index contributed by atoms with van der Waals surface area (Å²) in [6, 6.07) is 11.5. The van der Waals surface area contributed by atoms with Crippen LogP contribution in [0.25, 0.3) is 0 Å². The Kier molecular flexibility index (Phi) is 4.61. The molecule has 6 nitrogen and oxygen atoms in total. The Hall–Kier alpha value is -3.02. The molecule has 1 amide bonds. The molecule has 2 aromatic carbocycles. The van der Waals surface area contributed by atoms with Crippen LogP contribution >= 0.6 is 0 Å². The molecule has 1 N–H and O–H groups in total. The largest absolute Gasteiger partial charge is 0.493 e. The number of benzene rings is 2. The zero-order valence-electron chi connectivity index (χ0n) is 14.1. The lowest BCUT2D eigenvalue weighted by Gasteiger charge is -2.34. The summed E-state index contributed by atoms with van der Waals surface area (Å²) >= 11 is 0. The van der Waals surface area contributed by atoms with Crippen molar-refractivity contribution in [3.8, 4) is 11.5 Å². The molecule has 1 heterocycles. The van der Waals surface area contributed by atoms with Gasteiger partial charge in [0.15, 0.2) is 11.5 Å². The van der Waals surface area contributed by atoms with Gasteiger partial charge in [-0.3, -0.25) is 4.79 Å². The second-order valence-electron chi connectivity index (χ2n) is 5.83. The molecule has 0 saturated heterocycles. The Morgan fingerprint density at radius 3 is 2.36 bits per heavy atom. The molecule has 130 valence electrons. The Morgan fingerprint density at radius 2 is 1.72 bits per heavy atom. The number of fused-ring (bicyclic) bond motifs is 1. The van der Waals surface area contributed by atoms with Crippen molar-refractivity contribution in [3.05, 3.63) is 59.2 Å². The quantitative estimate of drug-likeness (QED) is 0.924. The molecule has 0 fully saturated rings. The first-order chi connectivity index (χ1) is 12.0. The van der Waals surface area contributed by atoms with Gasteiger partial charge < -0.3 is 19.5 Å². The average molecular weight is 341 g/mol. The smallest absolute Gasteiger partial charge is 0.326 e. The monoisotopic (exact) mass is 341 g/mol. The minimum Gasteiger partial charge on any atom is -0.493 e. The maximum absolute atomic E-state index is 13.0. The highest BCUT2D eigenvalue weighted by Crippen LogP contribution is 2.30. The maximum atomic E-state index is 13.0. The molecule has 3 rings (SSSR count). The Balaban J connectivity index is 1.96. The third-order valence-electron chi connectivity index (χ3n) is 4.42. The van der Waals surface area contributed by atoms with E-state index in [2.05, 4.69) is 0 Å². The van der Waals surface area contributed by atoms with Gasteiger partial charge in [-0.25, -0.2) is 4.79 Å². The van der Waals surface area contributed by atoms with Crippen LogP contribution in [0.3, 0.4) is 0 Å². The van der Waals surface area contributed by atoms with E-state index < -0.39 is 12.0 Å². The normalized spacial score (nSPS) is 16.1. The number of methoxy groups -OCH3 is 2. The van der Waals surface area contributed by atoms with Gasteiger partial charge in [0.2, 0.25) is 0 Å². The van der Waals surface area contributed by atoms with Crippen LogP contribution in [-0.2, 0) is 17.8 Å². The Labute approximate surface area is 145 Å². The molecule has 0 saturated carbocycles. The predicted octanol–water partition coefficient (Wildman–Crippen LogP) is 2.36. The summed E-state index contributed by atoms with van der Waals surface area (Å²) in [6.45, 7) is 0.264. The van der Waals surface area contributed by atoms with Crippen LogP contribution in [0, 0.1) is 0 Å². The first-order valence-electron chi connectivity index (χ1n) is 7.87. The molecule has 25 heavy (non-hydrogen) atoms. The molecule has 0 spiro atoms. The van der Waals surface area contributed by atoms with Gasteiger partial charge in [-0.15, -0.1) is 0 Å². The van der Waals surface area contributed by atoms with Crippen LogP contribution in [0.2, 0.25) is 0 Å². The molecule has 0 aromatic heterocycles. The topological polar surface area (TPSA) is 76.1 Å². The molecule has 0 aliphatic carbocycles. The highest BCUT2D eigenvalue weighted by Gasteiger charge is 2.35. The average Bonchev–Trinajstić information content (AvgIpc) is 2.65. The predicted molar refractivity (Wildman–Crippen MR) is 91.0 cm³/mol. The van der Waals surface area contributed by atoms with E-state index in [1.54, 1.807) is 18.2 Å². The number of ether oxygens (including phenoxy) is 2. The third-order valence-corrected chi connectivity index (χ3v) is 4.42. The third kappa shape index (κ3) is 3.15. The molecule has 1 aliphatic rings. The zero-order chi connectivity index (χ0) is 18.0. The fourth-order valence-electron chi connectivity index (χ4n) is 3.09. The molecule has 1 atom stereocenters. The number of carbonyl (C=O) groups excluding carboxylic acids is 1. The summed E-state index contributed by atoms with van der Waals surface area (Å²) in [6.07, 6.45) is 0.296. The van der Waals surface area contributed by atoms with E-state index >= 15 is 0 Å². The standard InChI is InChI=1S/C19H19NO5/c1-24-16-8-7-13(10-17(16)25-2)18(21)20-11-14-6-4-3-5-12(14)9-15(20)19(22)23/h3-8,10,15H,9,11H2,1-2H3,(H,22,23)/t15-/m0/s1. The van der Waals surface area contributed by atoms with Crippen molar-refractivity contribution in [1.29, 1.82) is 0 Å². The molecule has 2 aromatic rings. The van der Waals surface area contributed by atoms with Crippen LogP contribution in [0.15, 0.2) is 42.5 Å². The first-order valence-corrected chi connectivity index (χ1v) is 7.87. The highest BCUT2D eigenvalue weighted by atomic mass is 16.5. The lowest BCUT2D eigenvalue weighted by atomic mass is 9.93. The van der Waals surface area contributed by atoms with E-state index in [0.29, 0.717) is 23.5 Å². The van der Waals surface area contributed by atoms with Crippen LogP contribution in [0.1, 0.15) is 21.5 Å². The van der Waals surface area contributed by atoms with E-state index in [9.17, 15) is 14.7 Å². The van der Waals surface area contributed by atoms with Crippen molar-refractivity contribution in [2.45, 2.75) is 19.0 Å². The molecular formula is C19H19NO5. The molecule has 1 aliphatic heterocycles. The van der Waals surface area contributed by atoms with Gasteiger partial charge in [0, 0.05) is 18.5 Å². The van der Waals surface area contributed by atoms with E-state index in [-0.39, 0.29) is 12.5 Å². The lowest BCUT2D eigenvalue weighted by Crippen LogP contribution is -2.48. The summed E-state index contributed by atoms with van der Waals surface area (Å²) in [7, 11) is 3.00. The summed E-state index contributed by atoms with van der Waals surface area (Å²) < 4.78 is 10.4. The van der Waals surface area contributed by atoms with Gasteiger partial charge in [0.25, 0.3) is 5.91 Å². The number of carboxylic acid groups (broad SMARTS) is 1. The van der Waals surface area contributed by atoms with E-state index in [1.807, 2.05) is 24.3 Å². The molecular weight excluding hydrogens is 322 g/mol. The fourth-order valence-corrected chi connectivity index (χ4v) is 3.09. The van der Waals surface area contributed by atoms with Gasteiger partial charge in [-0.1, -0.05) is 24.3 Å². The van der Waals surface area contributed by atoms with Crippen LogP contribution in [0.5, 0.6) is 11.5 Å². The minimum absolute atomic E-state index is 0.264. The molecule has 6 heteroatoms. The van der Waals surface area contributed by atoms with Gasteiger partial charge in [-0.2, -0.15) is 0 Å². The number of aliphatic carboxylic acids is 1. The van der Waals surface area contributed by atoms with E-state index in [0.717, 1.165) is 11.1 Å². The van der Waals surface area contributed by atoms with Crippen molar-refractivity contribution in [2.75, 3.05) is 14.2 Å². The van der Waals surface area contributed by atoms with E-state index in [1.165, 1.54) is 19.1 Å². The number of amides is 1. The number of carbonyl (C=O) groups is 2. The van der Waals surface area contributed by atoms with Crippen molar-refractivity contribution in [3.63, 3.8) is 0 Å². The van der Waals surface area contributed by atoms with Crippen LogP contribution < -0.4 is 9.47 Å². The van der Waals surface area contributed by atoms with E-state index in [4.69, 9.17) is 9.47 Å². The van der Waals surface area contributed by atoms with Gasteiger partial charge in [0.05, 0.1) is 14.2 Å². The Morgan fingerprint density at radius 1 is 1.04 bits per heavy atom. The number of hydrogen-bond donors (Lipinski definition) is 1. The SMILES string of the molecule is COc1ccc(C(=O)N2Cc3ccccc3C[C@H]2C(=O)O)cc1OC. The number of rotatable bonds is 4. The zero-order valence-corrected chi connectivity index (χ0v) is 14.1. The molecule has 0 unspecified atom stereocenters. The van der Waals surface area contributed by atoms with Crippen molar-refractivity contribution in [1.82, 2.24) is 4.90 Å². The number of hydrogen-bond acceptors (Lipinski definition) is 4. The van der Waals surface area contributed by atoms with Gasteiger partial charge in [0.1, 0.15) is 6.04 Å². The summed E-state index contributed by atoms with van der Waals surface area (Å²) in [5.41, 5.74) is 2.29. The second-order valence-corrected chi connectivity index (χ2v) is 5.83. The summed E-state index contributed by atoms with van der Waals surface area (Å²) in [5.74, 6) is -0.415. The first kappa shape index (κ1) is 16.8. The van der Waals surface area contributed by atoms with Crippen molar-refractivity contribution in [2.24, 2.45) is 0 Å². The minimum atomic E-state index is -1.01. The van der Waals surface area contributed by atoms with Crippen LogP contribution in [0.4, 0.5) is 0 Å². The Bertz CT molecular complexity index is 817. The maximum Gasteiger partial charge on any atom is 0.326 e. The lowest BCUT2D eigenvalue weighted by molar-refractivity contribution is -0.142. The number of nitrogens with zero attached hydrogens (tertiary/aromatic N) is 1. The van der Waals surface area contributed by atoms with Gasteiger partial charge >= 0.3 is 5.97 Å². The van der Waals surface area contributed by atoms with Crippen LogP contribution in [-0.4, -0.2) is 42.1 Å². The van der Waals surface area contributed by atoms with Crippen molar-refractivity contribution < 1.29 is 24.2 Å². The fraction of sp³-hybridized carbons (Fsp3) is 0.263. The molecule has 0 bridgehead atoms. The second kappa shape index (κ2) is 6.84. The van der Waals surface area contributed by atoms with Crippen molar-refractivity contribution >= 4 is 11.9 Å². The summed E-state index contributed by atoms with van der Waals surface area (Å²) in [4.78, 5) is 26.0.